The number of amides is 1. The fourth-order valence-corrected chi connectivity index (χ4v) is 2.45. The number of nitrogens with one attached hydrogen (secondary N) is 1. The van der Waals surface area contributed by atoms with E-state index >= 15 is 0 Å². The Morgan fingerprint density at radius 1 is 1.39 bits per heavy atom. The van der Waals surface area contributed by atoms with Crippen LogP contribution in [0.25, 0.3) is 0 Å². The molecule has 3 unspecified atom stereocenters. The Bertz CT molecular complexity index is 574. The van der Waals surface area contributed by atoms with Crippen LogP contribution in [0.4, 0.5) is 13.6 Å². The van der Waals surface area contributed by atoms with Crippen LogP contribution in [-0.4, -0.2) is 35.6 Å². The van der Waals surface area contributed by atoms with E-state index in [1.165, 1.54) is 0 Å². The van der Waals surface area contributed by atoms with E-state index in [4.69, 9.17) is 9.47 Å². The predicted octanol–water partition coefficient (Wildman–Crippen LogP) is 2.68. The van der Waals surface area contributed by atoms with Gasteiger partial charge in [-0.3, -0.25) is 0 Å². The lowest BCUT2D eigenvalue weighted by molar-refractivity contribution is -0.0779. The number of rotatable bonds is 2. The largest absolute Gasteiger partial charge is 0.444 e. The van der Waals surface area contributed by atoms with Crippen LogP contribution in [0.5, 0.6) is 0 Å². The van der Waals surface area contributed by atoms with E-state index in [0.717, 1.165) is 18.2 Å². The molecule has 1 aliphatic heterocycles. The van der Waals surface area contributed by atoms with Gasteiger partial charge in [-0.15, -0.1) is 0 Å². The summed E-state index contributed by atoms with van der Waals surface area (Å²) in [4.78, 5) is 11.9. The van der Waals surface area contributed by atoms with Gasteiger partial charge in [0.1, 0.15) is 23.3 Å². The molecule has 1 aliphatic rings. The van der Waals surface area contributed by atoms with Crippen molar-refractivity contribution in [3.8, 4) is 0 Å². The Morgan fingerprint density at radius 3 is 2.74 bits per heavy atom. The molecule has 0 aromatic heterocycles. The number of alkyl carbamates (subject to hydrolysis) is 1. The van der Waals surface area contributed by atoms with Crippen molar-refractivity contribution in [2.24, 2.45) is 0 Å². The van der Waals surface area contributed by atoms with Gasteiger partial charge in [-0.2, -0.15) is 0 Å². The maximum absolute atomic E-state index is 14.0. The molecule has 1 amide bonds. The highest BCUT2D eigenvalue weighted by Gasteiger charge is 2.35. The highest BCUT2D eigenvalue weighted by molar-refractivity contribution is 5.68. The molecule has 5 nitrogen and oxygen atoms in total. The first-order chi connectivity index (χ1) is 10.7. The summed E-state index contributed by atoms with van der Waals surface area (Å²) >= 11 is 0. The number of carbonyl (C=O) groups excluding carboxylic acids is 1. The summed E-state index contributed by atoms with van der Waals surface area (Å²) in [6, 6.07) is 2.31. The van der Waals surface area contributed by atoms with Crippen LogP contribution in [0.3, 0.4) is 0 Å². The van der Waals surface area contributed by atoms with Crippen molar-refractivity contribution in [2.45, 2.75) is 51.0 Å². The van der Waals surface area contributed by atoms with Crippen LogP contribution in [0.15, 0.2) is 18.2 Å². The third-order valence-electron chi connectivity index (χ3n) is 3.33. The monoisotopic (exact) mass is 329 g/mol. The molecular weight excluding hydrogens is 308 g/mol. The second-order valence-corrected chi connectivity index (χ2v) is 6.56. The fourth-order valence-electron chi connectivity index (χ4n) is 2.45. The standard InChI is InChI=1S/C16H21F2NO4/c1-16(2,3)23-15(21)19-13-7-10(20)8-22-14(13)11-6-9(17)4-5-12(11)18/h4-6,10,13-14,20H,7-8H2,1-3H3,(H,19,21). The summed E-state index contributed by atoms with van der Waals surface area (Å²) in [5, 5.41) is 12.3. The molecule has 1 aromatic rings. The average molecular weight is 329 g/mol. The molecule has 2 rings (SSSR count). The molecule has 0 saturated carbocycles. The zero-order valence-electron chi connectivity index (χ0n) is 13.3. The first-order valence-electron chi connectivity index (χ1n) is 7.40. The average Bonchev–Trinajstić information content (AvgIpc) is 2.40. The van der Waals surface area contributed by atoms with Crippen LogP contribution in [-0.2, 0) is 9.47 Å². The number of ether oxygens (including phenoxy) is 2. The van der Waals surface area contributed by atoms with E-state index < -0.39 is 41.6 Å². The van der Waals surface area contributed by atoms with E-state index in [0.29, 0.717) is 0 Å². The zero-order chi connectivity index (χ0) is 17.2. The lowest BCUT2D eigenvalue weighted by Gasteiger charge is -2.35. The van der Waals surface area contributed by atoms with E-state index in [-0.39, 0.29) is 18.6 Å². The normalized spacial score (nSPS) is 25.0. The Balaban J connectivity index is 2.19. The number of aliphatic hydroxyl groups excluding tert-OH is 1. The Labute approximate surface area is 133 Å². The van der Waals surface area contributed by atoms with Crippen LogP contribution in [0, 0.1) is 11.6 Å². The first-order valence-corrected chi connectivity index (χ1v) is 7.40. The van der Waals surface area contributed by atoms with Crippen molar-refractivity contribution in [1.82, 2.24) is 5.32 Å². The van der Waals surface area contributed by atoms with Gasteiger partial charge in [0.15, 0.2) is 0 Å². The van der Waals surface area contributed by atoms with Gasteiger partial charge in [0, 0.05) is 5.56 Å². The number of aliphatic hydroxyl groups is 1. The summed E-state index contributed by atoms with van der Waals surface area (Å²) in [6.45, 7) is 5.11. The minimum Gasteiger partial charge on any atom is -0.444 e. The number of halogens is 2. The Kier molecular flexibility index (Phi) is 5.21. The van der Waals surface area contributed by atoms with Crippen LogP contribution in [0.2, 0.25) is 0 Å². The number of hydrogen-bond donors (Lipinski definition) is 2. The van der Waals surface area contributed by atoms with Gasteiger partial charge in [-0.25, -0.2) is 13.6 Å². The van der Waals surface area contributed by atoms with Crippen molar-refractivity contribution in [1.29, 1.82) is 0 Å². The summed E-state index contributed by atoms with van der Waals surface area (Å²) in [7, 11) is 0. The number of hydrogen-bond acceptors (Lipinski definition) is 4. The van der Waals surface area contributed by atoms with E-state index in [2.05, 4.69) is 5.32 Å². The third kappa shape index (κ3) is 4.87. The van der Waals surface area contributed by atoms with Crippen molar-refractivity contribution >= 4 is 6.09 Å². The molecule has 1 fully saturated rings. The molecule has 3 atom stereocenters. The van der Waals surface area contributed by atoms with Crippen molar-refractivity contribution in [2.75, 3.05) is 6.61 Å². The molecule has 0 radical (unpaired) electrons. The van der Waals surface area contributed by atoms with Gasteiger partial charge in [-0.05, 0) is 45.4 Å². The molecule has 1 aromatic carbocycles. The first kappa shape index (κ1) is 17.6. The van der Waals surface area contributed by atoms with E-state index in [1.807, 2.05) is 0 Å². The van der Waals surface area contributed by atoms with Gasteiger partial charge in [0.05, 0.1) is 18.8 Å². The van der Waals surface area contributed by atoms with E-state index in [9.17, 15) is 18.7 Å². The minimum absolute atomic E-state index is 0.00189. The molecule has 23 heavy (non-hydrogen) atoms. The molecule has 7 heteroatoms. The Hall–Kier alpha value is -1.73. The maximum Gasteiger partial charge on any atom is 0.407 e. The van der Waals surface area contributed by atoms with Crippen LogP contribution < -0.4 is 5.32 Å². The molecular formula is C16H21F2NO4. The van der Waals surface area contributed by atoms with Gasteiger partial charge >= 0.3 is 6.09 Å². The van der Waals surface area contributed by atoms with Gasteiger partial charge in [0.2, 0.25) is 0 Å². The molecule has 1 saturated heterocycles. The quantitative estimate of drug-likeness (QED) is 0.875. The van der Waals surface area contributed by atoms with Crippen LogP contribution in [0.1, 0.15) is 38.9 Å². The molecule has 0 bridgehead atoms. The smallest absolute Gasteiger partial charge is 0.407 e. The number of carbonyl (C=O) groups is 1. The predicted molar refractivity (Wildman–Crippen MR) is 78.8 cm³/mol. The highest BCUT2D eigenvalue weighted by atomic mass is 19.1. The summed E-state index contributed by atoms with van der Waals surface area (Å²) in [6.07, 6.45) is -2.26. The van der Waals surface area contributed by atoms with Gasteiger partial charge in [0.25, 0.3) is 0 Å². The molecule has 128 valence electrons. The highest BCUT2D eigenvalue weighted by Crippen LogP contribution is 2.31. The second-order valence-electron chi connectivity index (χ2n) is 6.56. The topological polar surface area (TPSA) is 67.8 Å². The maximum atomic E-state index is 14.0. The van der Waals surface area contributed by atoms with Gasteiger partial charge < -0.3 is 19.9 Å². The Morgan fingerprint density at radius 2 is 2.09 bits per heavy atom. The van der Waals surface area contributed by atoms with Crippen LogP contribution >= 0.6 is 0 Å². The lowest BCUT2D eigenvalue weighted by Crippen LogP contribution is -2.48. The molecule has 1 heterocycles. The fraction of sp³-hybridized carbons (Fsp3) is 0.562. The SMILES string of the molecule is CC(C)(C)OC(=O)NC1CC(O)COC1c1cc(F)ccc1F. The second kappa shape index (κ2) is 6.80. The minimum atomic E-state index is -0.901. The van der Waals surface area contributed by atoms with Crippen molar-refractivity contribution in [3.63, 3.8) is 0 Å². The summed E-state index contributed by atoms with van der Waals surface area (Å²) in [5.41, 5.74) is -0.698. The number of benzene rings is 1. The molecule has 0 spiro atoms. The van der Waals surface area contributed by atoms with Crippen molar-refractivity contribution < 1.29 is 28.2 Å². The van der Waals surface area contributed by atoms with Crippen molar-refractivity contribution in [3.05, 3.63) is 35.4 Å². The summed E-state index contributed by atoms with van der Waals surface area (Å²) in [5.74, 6) is -1.24. The van der Waals surface area contributed by atoms with E-state index in [1.54, 1.807) is 20.8 Å². The zero-order valence-corrected chi connectivity index (χ0v) is 13.3. The third-order valence-corrected chi connectivity index (χ3v) is 3.33. The molecule has 0 aliphatic carbocycles. The van der Waals surface area contributed by atoms with Gasteiger partial charge in [-0.1, -0.05) is 0 Å². The lowest BCUT2D eigenvalue weighted by atomic mass is 9.94. The molecule has 2 N–H and O–H groups in total. The summed E-state index contributed by atoms with van der Waals surface area (Å²) < 4.78 is 38.0.